The molecule has 31 heavy (non-hydrogen) atoms. The maximum absolute atomic E-state index is 5.94. The van der Waals surface area contributed by atoms with Crippen molar-refractivity contribution < 1.29 is 14.0 Å². The molecule has 0 atom stereocenters. The molecule has 0 aromatic heterocycles. The molecule has 0 radical (unpaired) electrons. The van der Waals surface area contributed by atoms with Gasteiger partial charge in [-0.25, -0.2) is 0 Å². The minimum absolute atomic E-state index is 0.458. The van der Waals surface area contributed by atoms with Gasteiger partial charge in [-0.05, 0) is 19.3 Å². The van der Waals surface area contributed by atoms with Crippen molar-refractivity contribution in [1.82, 2.24) is 0 Å². The highest BCUT2D eigenvalue weighted by Gasteiger charge is 2.20. The number of rotatable bonds is 27. The van der Waals surface area contributed by atoms with E-state index in [2.05, 4.69) is 20.8 Å². The third-order valence-corrected chi connectivity index (χ3v) is 6.01. The Hall–Kier alpha value is -0.0551. The van der Waals surface area contributed by atoms with E-state index in [4.69, 9.17) is 14.0 Å². The first-order valence-electron chi connectivity index (χ1n) is 14.2. The molecule has 186 valence electrons. The molecule has 0 bridgehead atoms. The molecule has 0 aliphatic rings. The summed E-state index contributed by atoms with van der Waals surface area (Å²) >= 11 is 0. The molecule has 0 unspecified atom stereocenters. The van der Waals surface area contributed by atoms with E-state index in [-0.39, 0.29) is 0 Å². The topological polar surface area (TPSA) is 27.7 Å². The zero-order valence-electron chi connectivity index (χ0n) is 21.8. The van der Waals surface area contributed by atoms with E-state index in [0.29, 0.717) is 0 Å². The standard InChI is InChI=1S/C27H57BO3/c1-4-7-10-13-16-19-22-25-29-28(30-26-23-20-17-14-11-8-5-2)31-27-24-21-18-15-12-9-6-3/h4-27H2,1-3H3. The second-order valence-corrected chi connectivity index (χ2v) is 9.27. The normalized spacial score (nSPS) is 11.3. The van der Waals surface area contributed by atoms with E-state index in [0.717, 1.165) is 39.1 Å². The second-order valence-electron chi connectivity index (χ2n) is 9.27. The van der Waals surface area contributed by atoms with Crippen LogP contribution in [0.3, 0.4) is 0 Å². The fraction of sp³-hybridized carbons (Fsp3) is 1.00. The minimum Gasteiger partial charge on any atom is -0.386 e. The van der Waals surface area contributed by atoms with Crippen molar-refractivity contribution in [3.63, 3.8) is 0 Å². The van der Waals surface area contributed by atoms with Crippen molar-refractivity contribution in [2.24, 2.45) is 0 Å². The van der Waals surface area contributed by atoms with Gasteiger partial charge >= 0.3 is 7.32 Å². The van der Waals surface area contributed by atoms with E-state index < -0.39 is 7.32 Å². The summed E-state index contributed by atoms with van der Waals surface area (Å²) in [5.41, 5.74) is 0. The number of unbranched alkanes of at least 4 members (excludes halogenated alkanes) is 18. The maximum atomic E-state index is 5.94. The van der Waals surface area contributed by atoms with E-state index in [1.807, 2.05) is 0 Å². The van der Waals surface area contributed by atoms with E-state index in [1.165, 1.54) is 116 Å². The van der Waals surface area contributed by atoms with E-state index >= 15 is 0 Å². The van der Waals surface area contributed by atoms with Gasteiger partial charge in [-0.15, -0.1) is 0 Å². The molecule has 0 aromatic carbocycles. The van der Waals surface area contributed by atoms with Gasteiger partial charge < -0.3 is 14.0 Å². The van der Waals surface area contributed by atoms with Crippen LogP contribution >= 0.6 is 0 Å². The van der Waals surface area contributed by atoms with Gasteiger partial charge in [0.05, 0.1) is 0 Å². The molecule has 0 saturated carbocycles. The van der Waals surface area contributed by atoms with Crippen LogP contribution in [0.2, 0.25) is 0 Å². The third-order valence-electron chi connectivity index (χ3n) is 6.01. The van der Waals surface area contributed by atoms with Gasteiger partial charge in [0.25, 0.3) is 0 Å². The molecule has 4 heteroatoms. The summed E-state index contributed by atoms with van der Waals surface area (Å²) in [6.07, 6.45) is 27.4. The molecule has 0 rings (SSSR count). The summed E-state index contributed by atoms with van der Waals surface area (Å²) in [4.78, 5) is 0. The molecule has 0 heterocycles. The smallest absolute Gasteiger partial charge is 0.386 e. The minimum atomic E-state index is -0.458. The number of hydrogen-bond acceptors (Lipinski definition) is 3. The zero-order valence-corrected chi connectivity index (χ0v) is 21.8. The van der Waals surface area contributed by atoms with Crippen molar-refractivity contribution >= 4 is 7.32 Å². The molecule has 0 aromatic rings. The van der Waals surface area contributed by atoms with E-state index in [1.54, 1.807) is 0 Å². The summed E-state index contributed by atoms with van der Waals surface area (Å²) in [5, 5.41) is 0. The summed E-state index contributed by atoms with van der Waals surface area (Å²) < 4.78 is 17.8. The monoisotopic (exact) mass is 440 g/mol. The van der Waals surface area contributed by atoms with Crippen LogP contribution in [0.15, 0.2) is 0 Å². The second kappa shape index (κ2) is 28.0. The van der Waals surface area contributed by atoms with Crippen LogP contribution < -0.4 is 0 Å². The van der Waals surface area contributed by atoms with Crippen LogP contribution in [0.1, 0.15) is 156 Å². The highest BCUT2D eigenvalue weighted by atomic mass is 16.7. The van der Waals surface area contributed by atoms with Crippen molar-refractivity contribution in [3.05, 3.63) is 0 Å². The lowest BCUT2D eigenvalue weighted by Crippen LogP contribution is -2.28. The predicted octanol–water partition coefficient (Wildman–Crippen LogP) is 9.27. The molecule has 3 nitrogen and oxygen atoms in total. The van der Waals surface area contributed by atoms with Crippen molar-refractivity contribution in [2.75, 3.05) is 19.8 Å². The lowest BCUT2D eigenvalue weighted by Gasteiger charge is -2.15. The molecule has 0 aliphatic heterocycles. The Labute approximate surface area is 196 Å². The van der Waals surface area contributed by atoms with Gasteiger partial charge in [0.15, 0.2) is 0 Å². The van der Waals surface area contributed by atoms with Gasteiger partial charge in [-0.3, -0.25) is 0 Å². The Morgan fingerprint density at radius 2 is 0.548 bits per heavy atom. The molecular formula is C27H57BO3. The van der Waals surface area contributed by atoms with Gasteiger partial charge in [-0.2, -0.15) is 0 Å². The van der Waals surface area contributed by atoms with Crippen LogP contribution in [0.25, 0.3) is 0 Å². The fourth-order valence-electron chi connectivity index (χ4n) is 3.86. The lowest BCUT2D eigenvalue weighted by molar-refractivity contribution is 0.0885. The average Bonchev–Trinajstić information content (AvgIpc) is 2.78. The van der Waals surface area contributed by atoms with Crippen LogP contribution in [-0.2, 0) is 14.0 Å². The van der Waals surface area contributed by atoms with Crippen LogP contribution in [0, 0.1) is 0 Å². The predicted molar refractivity (Wildman–Crippen MR) is 138 cm³/mol. The highest BCUT2D eigenvalue weighted by molar-refractivity contribution is 6.36. The Morgan fingerprint density at radius 1 is 0.323 bits per heavy atom. The molecule has 0 saturated heterocycles. The summed E-state index contributed by atoms with van der Waals surface area (Å²) in [7, 11) is -0.458. The Morgan fingerprint density at radius 3 is 0.806 bits per heavy atom. The van der Waals surface area contributed by atoms with Gasteiger partial charge in [-0.1, -0.05) is 136 Å². The van der Waals surface area contributed by atoms with Crippen molar-refractivity contribution in [3.8, 4) is 0 Å². The van der Waals surface area contributed by atoms with Crippen LogP contribution in [0.5, 0.6) is 0 Å². The first-order chi connectivity index (χ1) is 15.3. The molecular weight excluding hydrogens is 383 g/mol. The Bertz CT molecular complexity index is 267. The third kappa shape index (κ3) is 26.1. The Kier molecular flexibility index (Phi) is 27.9. The summed E-state index contributed by atoms with van der Waals surface area (Å²) in [5.74, 6) is 0. The quantitative estimate of drug-likeness (QED) is 0.0941. The number of hydrogen-bond donors (Lipinski definition) is 0. The van der Waals surface area contributed by atoms with Gasteiger partial charge in [0.2, 0.25) is 0 Å². The fourth-order valence-corrected chi connectivity index (χ4v) is 3.86. The zero-order chi connectivity index (χ0) is 22.7. The van der Waals surface area contributed by atoms with Crippen LogP contribution in [0.4, 0.5) is 0 Å². The maximum Gasteiger partial charge on any atom is 0.639 e. The largest absolute Gasteiger partial charge is 0.639 e. The van der Waals surface area contributed by atoms with Crippen LogP contribution in [-0.4, -0.2) is 27.1 Å². The van der Waals surface area contributed by atoms with E-state index in [9.17, 15) is 0 Å². The summed E-state index contributed by atoms with van der Waals surface area (Å²) in [6.45, 7) is 9.08. The molecule has 0 spiro atoms. The van der Waals surface area contributed by atoms with Crippen molar-refractivity contribution in [2.45, 2.75) is 156 Å². The lowest BCUT2D eigenvalue weighted by atomic mass is 10.1. The SMILES string of the molecule is CCCCCCCCCOB(OCCCCCCCCC)OCCCCCCCCC. The van der Waals surface area contributed by atoms with Crippen molar-refractivity contribution in [1.29, 1.82) is 0 Å². The Balaban J connectivity index is 3.82. The summed E-state index contributed by atoms with van der Waals surface area (Å²) in [6, 6.07) is 0. The average molecular weight is 441 g/mol. The first kappa shape index (κ1) is 30.9. The molecule has 0 aliphatic carbocycles. The van der Waals surface area contributed by atoms with Gasteiger partial charge in [0.1, 0.15) is 0 Å². The first-order valence-corrected chi connectivity index (χ1v) is 14.2. The van der Waals surface area contributed by atoms with Gasteiger partial charge in [0, 0.05) is 19.8 Å². The molecule has 0 fully saturated rings. The highest BCUT2D eigenvalue weighted by Crippen LogP contribution is 2.10. The molecule has 0 amide bonds. The molecule has 0 N–H and O–H groups in total.